The van der Waals surface area contributed by atoms with E-state index in [2.05, 4.69) is 5.32 Å². The van der Waals surface area contributed by atoms with Gasteiger partial charge in [0.15, 0.2) is 14.6 Å². The third kappa shape index (κ3) is 3.17. The van der Waals surface area contributed by atoms with E-state index in [1.54, 1.807) is 12.1 Å². The van der Waals surface area contributed by atoms with E-state index in [-0.39, 0.29) is 4.90 Å². The van der Waals surface area contributed by atoms with Gasteiger partial charge in [0.25, 0.3) is 0 Å². The van der Waals surface area contributed by atoms with Crippen molar-refractivity contribution < 1.29 is 13.2 Å². The maximum atomic E-state index is 13.4. The number of carbonyl (C=O) groups is 1. The molecule has 142 valence electrons. The third-order valence-corrected chi connectivity index (χ3v) is 8.59. The van der Waals surface area contributed by atoms with Gasteiger partial charge < -0.3 is 5.32 Å². The standard InChI is InChI=1S/C21H22ClNO3S/c22-17-7-10-19(11-8-17)27(25,26)21(12-1-2-13-21)20(24)23-18-9-6-15-4-3-5-16(15)14-18/h6-11,14H,1-5,12-13H2,(H,23,24). The van der Waals surface area contributed by atoms with E-state index in [1.165, 1.54) is 23.3 Å². The number of carbonyl (C=O) groups excluding carboxylic acids is 1. The predicted molar refractivity (Wildman–Crippen MR) is 107 cm³/mol. The molecule has 1 saturated carbocycles. The molecular formula is C21H22ClNO3S. The molecular weight excluding hydrogens is 382 g/mol. The lowest BCUT2D eigenvalue weighted by Crippen LogP contribution is -2.47. The molecule has 1 amide bonds. The first-order valence-electron chi connectivity index (χ1n) is 9.36. The predicted octanol–water partition coefficient (Wildman–Crippen LogP) is 4.55. The summed E-state index contributed by atoms with van der Waals surface area (Å²) in [4.78, 5) is 13.4. The molecule has 0 spiro atoms. The number of halogens is 1. The van der Waals surface area contributed by atoms with Gasteiger partial charge in [-0.1, -0.05) is 30.5 Å². The summed E-state index contributed by atoms with van der Waals surface area (Å²) in [5.74, 6) is -0.423. The summed E-state index contributed by atoms with van der Waals surface area (Å²) in [5, 5.41) is 3.37. The monoisotopic (exact) mass is 403 g/mol. The maximum absolute atomic E-state index is 13.4. The van der Waals surface area contributed by atoms with E-state index < -0.39 is 20.5 Å². The van der Waals surface area contributed by atoms with E-state index >= 15 is 0 Å². The number of amides is 1. The largest absolute Gasteiger partial charge is 0.325 e. The van der Waals surface area contributed by atoms with Crippen molar-refractivity contribution >= 4 is 33.0 Å². The molecule has 0 aromatic heterocycles. The average Bonchev–Trinajstić information content (AvgIpc) is 3.32. The van der Waals surface area contributed by atoms with E-state index in [9.17, 15) is 13.2 Å². The molecule has 2 aromatic rings. The smallest absolute Gasteiger partial charge is 0.246 e. The van der Waals surface area contributed by atoms with E-state index in [4.69, 9.17) is 11.6 Å². The lowest BCUT2D eigenvalue weighted by molar-refractivity contribution is -0.118. The van der Waals surface area contributed by atoms with Crippen LogP contribution in [0.15, 0.2) is 47.4 Å². The van der Waals surface area contributed by atoms with Crippen molar-refractivity contribution in [3.05, 3.63) is 58.6 Å². The number of anilines is 1. The molecule has 1 fully saturated rings. The van der Waals surface area contributed by atoms with Crippen LogP contribution in [0.2, 0.25) is 5.02 Å². The minimum atomic E-state index is -3.82. The van der Waals surface area contributed by atoms with Crippen LogP contribution in [0.25, 0.3) is 0 Å². The minimum absolute atomic E-state index is 0.151. The fraction of sp³-hybridized carbons (Fsp3) is 0.381. The Kier molecular flexibility index (Phi) is 4.77. The van der Waals surface area contributed by atoms with E-state index in [0.29, 0.717) is 23.6 Å². The highest BCUT2D eigenvalue weighted by Crippen LogP contribution is 2.41. The number of sulfone groups is 1. The van der Waals surface area contributed by atoms with E-state index in [0.717, 1.165) is 32.1 Å². The van der Waals surface area contributed by atoms with Gasteiger partial charge in [0, 0.05) is 10.7 Å². The van der Waals surface area contributed by atoms with Gasteiger partial charge in [0.2, 0.25) is 5.91 Å². The Balaban J connectivity index is 1.67. The van der Waals surface area contributed by atoms with Gasteiger partial charge in [-0.25, -0.2) is 8.42 Å². The zero-order valence-electron chi connectivity index (χ0n) is 15.0. The summed E-state index contributed by atoms with van der Waals surface area (Å²) < 4.78 is 25.3. The first kappa shape index (κ1) is 18.5. The number of hydrogen-bond donors (Lipinski definition) is 1. The third-order valence-electron chi connectivity index (χ3n) is 5.82. The Bertz CT molecular complexity index is 977. The normalized spacial score (nSPS) is 18.3. The summed E-state index contributed by atoms with van der Waals surface area (Å²) >= 11 is 5.90. The molecule has 4 nitrogen and oxygen atoms in total. The average molecular weight is 404 g/mol. The molecule has 0 bridgehead atoms. The zero-order chi connectivity index (χ0) is 19.1. The lowest BCUT2D eigenvalue weighted by Gasteiger charge is -2.27. The van der Waals surface area contributed by atoms with Crippen LogP contribution in [-0.2, 0) is 27.5 Å². The number of hydrogen-bond acceptors (Lipinski definition) is 3. The van der Waals surface area contributed by atoms with Crippen LogP contribution in [-0.4, -0.2) is 19.1 Å². The Morgan fingerprint density at radius 2 is 1.59 bits per heavy atom. The van der Waals surface area contributed by atoms with Crippen LogP contribution in [0, 0.1) is 0 Å². The summed E-state index contributed by atoms with van der Waals surface area (Å²) in [6.07, 6.45) is 5.34. The van der Waals surface area contributed by atoms with Crippen molar-refractivity contribution in [3.63, 3.8) is 0 Å². The summed E-state index contributed by atoms with van der Waals surface area (Å²) in [7, 11) is -3.82. The zero-order valence-corrected chi connectivity index (χ0v) is 16.6. The van der Waals surface area contributed by atoms with Gasteiger partial charge in [-0.3, -0.25) is 4.79 Å². The van der Waals surface area contributed by atoms with Crippen LogP contribution in [0.4, 0.5) is 5.69 Å². The van der Waals surface area contributed by atoms with Crippen molar-refractivity contribution in [1.82, 2.24) is 0 Å². The molecule has 27 heavy (non-hydrogen) atoms. The maximum Gasteiger partial charge on any atom is 0.246 e. The molecule has 2 aliphatic rings. The van der Waals surface area contributed by atoms with Gasteiger partial charge in [-0.2, -0.15) is 0 Å². The molecule has 4 rings (SSSR count). The second kappa shape index (κ2) is 6.95. The topological polar surface area (TPSA) is 63.2 Å². The first-order valence-corrected chi connectivity index (χ1v) is 11.2. The molecule has 1 N–H and O–H groups in total. The second-order valence-electron chi connectivity index (χ2n) is 7.45. The molecule has 0 saturated heterocycles. The molecule has 0 heterocycles. The fourth-order valence-electron chi connectivity index (χ4n) is 4.30. The highest BCUT2D eigenvalue weighted by molar-refractivity contribution is 7.93. The Morgan fingerprint density at radius 1 is 0.926 bits per heavy atom. The number of rotatable bonds is 4. The van der Waals surface area contributed by atoms with Gasteiger partial charge >= 0.3 is 0 Å². The summed E-state index contributed by atoms with van der Waals surface area (Å²) in [5.41, 5.74) is 3.24. The second-order valence-corrected chi connectivity index (χ2v) is 10.1. The van der Waals surface area contributed by atoms with Crippen LogP contribution in [0.1, 0.15) is 43.2 Å². The number of benzene rings is 2. The number of nitrogens with one attached hydrogen (secondary N) is 1. The van der Waals surface area contributed by atoms with Crippen molar-refractivity contribution in [2.75, 3.05) is 5.32 Å². The van der Waals surface area contributed by atoms with Crippen LogP contribution < -0.4 is 5.32 Å². The molecule has 6 heteroatoms. The molecule has 0 atom stereocenters. The Morgan fingerprint density at radius 3 is 2.30 bits per heavy atom. The van der Waals surface area contributed by atoms with Crippen LogP contribution in [0.5, 0.6) is 0 Å². The highest BCUT2D eigenvalue weighted by Gasteiger charge is 2.53. The van der Waals surface area contributed by atoms with Crippen molar-refractivity contribution in [1.29, 1.82) is 0 Å². The van der Waals surface area contributed by atoms with Gasteiger partial charge in [-0.15, -0.1) is 0 Å². The Hall–Kier alpha value is -1.85. The molecule has 2 aromatic carbocycles. The van der Waals surface area contributed by atoms with Crippen molar-refractivity contribution in [3.8, 4) is 0 Å². The molecule has 2 aliphatic carbocycles. The first-order chi connectivity index (χ1) is 12.9. The van der Waals surface area contributed by atoms with Gasteiger partial charge in [0.1, 0.15) is 0 Å². The number of fused-ring (bicyclic) bond motifs is 1. The van der Waals surface area contributed by atoms with Crippen LogP contribution >= 0.6 is 11.6 Å². The summed E-state index contributed by atoms with van der Waals surface area (Å²) in [6.45, 7) is 0. The van der Waals surface area contributed by atoms with Crippen molar-refractivity contribution in [2.24, 2.45) is 0 Å². The molecule has 0 unspecified atom stereocenters. The summed E-state index contributed by atoms with van der Waals surface area (Å²) in [6, 6.07) is 12.0. The highest BCUT2D eigenvalue weighted by atomic mass is 35.5. The lowest BCUT2D eigenvalue weighted by atomic mass is 10.1. The molecule has 0 aliphatic heterocycles. The SMILES string of the molecule is O=C(Nc1ccc2c(c1)CCC2)C1(S(=O)(=O)c2ccc(Cl)cc2)CCCC1. The van der Waals surface area contributed by atoms with E-state index in [1.807, 2.05) is 18.2 Å². The van der Waals surface area contributed by atoms with Crippen molar-refractivity contribution in [2.45, 2.75) is 54.6 Å². The molecule has 0 radical (unpaired) electrons. The Labute approximate surface area is 164 Å². The minimum Gasteiger partial charge on any atom is -0.325 e. The number of aryl methyl sites for hydroxylation is 2. The van der Waals surface area contributed by atoms with Gasteiger partial charge in [-0.05, 0) is 79.6 Å². The quantitative estimate of drug-likeness (QED) is 0.814. The van der Waals surface area contributed by atoms with Gasteiger partial charge in [0.05, 0.1) is 4.90 Å². The fourth-order valence-corrected chi connectivity index (χ4v) is 6.49. The van der Waals surface area contributed by atoms with Crippen LogP contribution in [0.3, 0.4) is 0 Å².